The van der Waals surface area contributed by atoms with Gasteiger partial charge in [0.2, 0.25) is 0 Å². The number of aliphatic hydroxyl groups excluding tert-OH is 2. The first-order chi connectivity index (χ1) is 27.9. The largest absolute Gasteiger partial charge is 0.469 e. The molecular weight excluding hydrogens is 741 g/mol. The van der Waals surface area contributed by atoms with E-state index in [1.165, 1.54) is 14.2 Å². The van der Waals surface area contributed by atoms with Crippen LogP contribution in [0, 0.1) is 44.1 Å². The second kappa shape index (κ2) is 17.5. The Balaban J connectivity index is 1.64. The molecule has 0 amide bonds. The van der Waals surface area contributed by atoms with Crippen LogP contribution in [0.4, 0.5) is 0 Å². The van der Waals surface area contributed by atoms with Crippen molar-refractivity contribution in [3.05, 3.63) is 108 Å². The van der Waals surface area contributed by atoms with Crippen LogP contribution in [0.5, 0.6) is 0 Å². The molecule has 1 fully saturated rings. The predicted molar refractivity (Wildman–Crippen MR) is 219 cm³/mol. The van der Waals surface area contributed by atoms with Crippen molar-refractivity contribution in [2.75, 3.05) is 40.6 Å². The maximum Gasteiger partial charge on any atom is 0.334 e. The fourth-order valence-corrected chi connectivity index (χ4v) is 8.14. The smallest absolute Gasteiger partial charge is 0.334 e. The lowest BCUT2D eigenvalue weighted by molar-refractivity contribution is -0.150. The van der Waals surface area contributed by atoms with Crippen molar-refractivity contribution in [2.45, 2.75) is 53.4 Å². The first kappa shape index (κ1) is 41.4. The van der Waals surface area contributed by atoms with E-state index in [4.69, 9.17) is 24.1 Å². The van der Waals surface area contributed by atoms with Gasteiger partial charge in [-0.3, -0.25) is 9.59 Å². The van der Waals surface area contributed by atoms with E-state index in [0.29, 0.717) is 30.7 Å². The van der Waals surface area contributed by atoms with Crippen LogP contribution in [0.25, 0.3) is 30.4 Å². The van der Waals surface area contributed by atoms with Crippen molar-refractivity contribution in [1.82, 2.24) is 20.3 Å². The van der Waals surface area contributed by atoms with Gasteiger partial charge in [-0.05, 0) is 98.2 Å². The summed E-state index contributed by atoms with van der Waals surface area (Å²) < 4.78 is 20.9. The second-order valence-electron chi connectivity index (χ2n) is 14.5. The van der Waals surface area contributed by atoms with Gasteiger partial charge in [0.25, 0.3) is 0 Å². The molecule has 6 N–H and O–H groups in total. The number of methoxy groups -OCH3 is 2. The van der Waals surface area contributed by atoms with E-state index in [1.807, 2.05) is 45.1 Å². The first-order valence-corrected chi connectivity index (χ1v) is 19.2. The number of allylic oxidation sites excluding steroid dienone is 4. The van der Waals surface area contributed by atoms with Crippen LogP contribution in [0.2, 0.25) is 0 Å². The van der Waals surface area contributed by atoms with E-state index >= 15 is 0 Å². The number of fused-ring (bicyclic) bond motifs is 11. The second-order valence-corrected chi connectivity index (χ2v) is 14.5. The molecule has 3 aliphatic rings. The Morgan fingerprint density at radius 2 is 1.57 bits per heavy atom. The molecule has 0 spiro atoms. The molecule has 8 bridgehead atoms. The summed E-state index contributed by atoms with van der Waals surface area (Å²) in [5.74, 6) is 0.343. The predicted octanol–water partition coefficient (Wildman–Crippen LogP) is 3.40. The third-order valence-electron chi connectivity index (χ3n) is 11.3. The molecule has 3 aromatic heterocycles. The van der Waals surface area contributed by atoms with Gasteiger partial charge in [-0.25, -0.2) is 4.79 Å². The van der Waals surface area contributed by atoms with E-state index in [-0.39, 0.29) is 38.4 Å². The van der Waals surface area contributed by atoms with Crippen LogP contribution in [-0.2, 0) is 46.2 Å². The quantitative estimate of drug-likeness (QED) is 0.0688. The number of H-pyrrole nitrogens is 3. The van der Waals surface area contributed by atoms with E-state index < -0.39 is 29.2 Å². The number of aromatic amines is 3. The van der Waals surface area contributed by atoms with Crippen LogP contribution in [0.1, 0.15) is 75.9 Å². The maximum absolute atomic E-state index is 13.8. The van der Waals surface area contributed by atoms with E-state index in [1.54, 1.807) is 12.2 Å². The van der Waals surface area contributed by atoms with Crippen LogP contribution >= 0.6 is 0 Å². The average molecular weight is 791 g/mol. The van der Waals surface area contributed by atoms with Gasteiger partial charge in [-0.15, -0.1) is 0 Å². The Labute approximate surface area is 336 Å². The van der Waals surface area contributed by atoms with Crippen molar-refractivity contribution < 1.29 is 43.5 Å². The van der Waals surface area contributed by atoms with Crippen LogP contribution < -0.4 is 16.0 Å². The summed E-state index contributed by atoms with van der Waals surface area (Å²) in [7, 11) is 2.59. The standard InChI is InChI=1S/C45H50N4O9/c1-8-28-25(2)33-21-34-26(3)29(11-9-10-18-57-19-16-50)36(46-34)23-37-30(13-15-41(52)58-20-17-51)27(4)35(47-37)22-39-32-14-12-31(43(53)55-6)42(44(54)56-7)45(32,5)40(49-39)24-38(28)48-33/h8,12,14,21-24,42,46-51H,1,9,11,13,15-17,19-20H2,2-7H3. The number of rotatable bonds is 12. The van der Waals surface area contributed by atoms with Crippen molar-refractivity contribution in [2.24, 2.45) is 11.3 Å². The number of nitrogens with one attached hydrogen (secondary N) is 4. The highest BCUT2D eigenvalue weighted by atomic mass is 16.5. The zero-order chi connectivity index (χ0) is 41.7. The summed E-state index contributed by atoms with van der Waals surface area (Å²) in [6.45, 7) is 11.8. The van der Waals surface area contributed by atoms with Crippen LogP contribution in [0.15, 0.2) is 41.3 Å². The Kier molecular flexibility index (Phi) is 12.5. The number of aliphatic hydroxyl groups is 2. The molecule has 1 aliphatic carbocycles. The normalized spacial score (nSPS) is 17.7. The molecule has 13 nitrogen and oxygen atoms in total. The van der Waals surface area contributed by atoms with E-state index in [9.17, 15) is 19.5 Å². The lowest BCUT2D eigenvalue weighted by Crippen LogP contribution is -2.40. The SMILES string of the molecule is C=Cc1c2[nH]c(c1C)C=c1[nH]c(c(CCC#COCCO)c1C)=Cc1[nH]c(c(C)c1CCC(=O)OCCO)C=C1NC(=C2)C2(C)C1=CC=C(C(=O)OC)C2C(=O)OC. The number of carbonyl (C=O) groups is 3. The van der Waals surface area contributed by atoms with Crippen molar-refractivity contribution in [1.29, 1.82) is 0 Å². The Bertz CT molecular complexity index is 2480. The Morgan fingerprint density at radius 1 is 0.845 bits per heavy atom. The molecule has 0 saturated carbocycles. The summed E-state index contributed by atoms with van der Waals surface area (Å²) in [6, 6.07) is 0. The van der Waals surface area contributed by atoms with Crippen molar-refractivity contribution >= 4 is 48.3 Å². The van der Waals surface area contributed by atoms with E-state index in [2.05, 4.69) is 51.9 Å². The molecule has 304 valence electrons. The van der Waals surface area contributed by atoms with Gasteiger partial charge in [-0.2, -0.15) is 0 Å². The highest BCUT2D eigenvalue weighted by molar-refractivity contribution is 5.98. The summed E-state index contributed by atoms with van der Waals surface area (Å²) in [6.07, 6.45) is 17.5. The van der Waals surface area contributed by atoms with Gasteiger partial charge in [0.05, 0.1) is 38.4 Å². The molecule has 5 heterocycles. The minimum Gasteiger partial charge on any atom is -0.469 e. The Morgan fingerprint density at radius 3 is 2.28 bits per heavy atom. The average Bonchev–Trinajstić information content (AvgIpc) is 3.87. The molecule has 2 aliphatic heterocycles. The molecule has 13 heteroatoms. The van der Waals surface area contributed by atoms with Gasteiger partial charge in [0.15, 0.2) is 0 Å². The van der Waals surface area contributed by atoms with Gasteiger partial charge < -0.3 is 49.4 Å². The number of esters is 3. The minimum absolute atomic E-state index is 0.0797. The number of hydrogen-bond donors (Lipinski definition) is 6. The summed E-state index contributed by atoms with van der Waals surface area (Å²) >= 11 is 0. The van der Waals surface area contributed by atoms with Crippen molar-refractivity contribution in [3.8, 4) is 12.0 Å². The van der Waals surface area contributed by atoms with Gasteiger partial charge in [-0.1, -0.05) is 30.7 Å². The summed E-state index contributed by atoms with van der Waals surface area (Å²) in [5, 5.41) is 23.6. The van der Waals surface area contributed by atoms with Gasteiger partial charge >= 0.3 is 17.9 Å². The number of hydrogen-bond acceptors (Lipinski definition) is 10. The van der Waals surface area contributed by atoms with Gasteiger partial charge in [0, 0.05) is 63.3 Å². The number of ether oxygens (including phenoxy) is 4. The molecule has 3 aromatic rings. The lowest BCUT2D eigenvalue weighted by atomic mass is 9.64. The molecule has 2 atom stereocenters. The van der Waals surface area contributed by atoms with E-state index in [0.717, 1.165) is 72.4 Å². The molecular formula is C45H50N4O9. The Hall–Kier alpha value is -6.23. The zero-order valence-corrected chi connectivity index (χ0v) is 33.7. The molecule has 58 heavy (non-hydrogen) atoms. The van der Waals surface area contributed by atoms with Gasteiger partial charge in [0.1, 0.15) is 25.2 Å². The summed E-state index contributed by atoms with van der Waals surface area (Å²) in [4.78, 5) is 50.6. The molecule has 0 aromatic carbocycles. The first-order valence-electron chi connectivity index (χ1n) is 19.2. The lowest BCUT2D eigenvalue weighted by Gasteiger charge is -2.36. The molecule has 6 rings (SSSR count). The topological polar surface area (TPSA) is 188 Å². The fourth-order valence-electron chi connectivity index (χ4n) is 8.14. The third-order valence-corrected chi connectivity index (χ3v) is 11.3. The van der Waals surface area contributed by atoms with Crippen LogP contribution in [-0.4, -0.2) is 83.7 Å². The molecule has 2 unspecified atom stereocenters. The highest BCUT2D eigenvalue weighted by Gasteiger charge is 2.55. The number of aromatic nitrogens is 3. The monoisotopic (exact) mass is 790 g/mol. The fraction of sp³-hybridized carbons (Fsp3) is 0.356. The van der Waals surface area contributed by atoms with Crippen LogP contribution in [0.3, 0.4) is 0 Å². The molecule has 1 saturated heterocycles. The number of carbonyl (C=O) groups excluding carboxylic acids is 3. The molecule has 0 radical (unpaired) electrons. The summed E-state index contributed by atoms with van der Waals surface area (Å²) in [5.41, 5.74) is 9.96. The maximum atomic E-state index is 13.8. The third kappa shape index (κ3) is 7.73. The highest BCUT2D eigenvalue weighted by Crippen LogP contribution is 2.55. The zero-order valence-electron chi connectivity index (χ0n) is 33.7. The minimum atomic E-state index is -1.10. The van der Waals surface area contributed by atoms with Crippen molar-refractivity contribution in [3.63, 3.8) is 0 Å².